The number of furan rings is 1. The van der Waals surface area contributed by atoms with E-state index in [-0.39, 0.29) is 0 Å². The summed E-state index contributed by atoms with van der Waals surface area (Å²) in [5.74, 6) is 1.90. The highest BCUT2D eigenvalue weighted by Gasteiger charge is 2.22. The minimum Gasteiger partial charge on any atom is -0.460 e. The molecule has 2 aliphatic rings. The Labute approximate surface area is 316 Å². The molecule has 0 amide bonds. The fourth-order valence-corrected chi connectivity index (χ4v) is 8.25. The highest BCUT2D eigenvalue weighted by molar-refractivity contribution is 6.16. The van der Waals surface area contributed by atoms with E-state index in [2.05, 4.69) is 154 Å². The Bertz CT molecular complexity index is 2840. The fourth-order valence-electron chi connectivity index (χ4n) is 8.25. The molecule has 0 saturated carbocycles. The quantitative estimate of drug-likeness (QED) is 0.116. The van der Waals surface area contributed by atoms with Crippen LogP contribution in [-0.4, -0.2) is 0 Å². The summed E-state index contributed by atoms with van der Waals surface area (Å²) in [5.41, 5.74) is 11.6. The van der Waals surface area contributed by atoms with Gasteiger partial charge in [-0.25, -0.2) is 0 Å². The molecule has 2 heterocycles. The first-order chi connectivity index (χ1) is 26.5. The van der Waals surface area contributed by atoms with E-state index in [1.165, 1.54) is 60.5 Å². The van der Waals surface area contributed by atoms with Crippen LogP contribution in [0.1, 0.15) is 49.8 Å². The van der Waals surface area contributed by atoms with E-state index in [0.717, 1.165) is 75.5 Å². The maximum absolute atomic E-state index is 6.64. The summed E-state index contributed by atoms with van der Waals surface area (Å²) >= 11 is 0. The van der Waals surface area contributed by atoms with Crippen molar-refractivity contribution in [1.82, 2.24) is 0 Å². The van der Waals surface area contributed by atoms with Crippen LogP contribution in [0.25, 0.3) is 65.4 Å². The zero-order valence-electron chi connectivity index (χ0n) is 30.9. The van der Waals surface area contributed by atoms with E-state index in [1.54, 1.807) is 0 Å². The molecule has 54 heavy (non-hydrogen) atoms. The number of hydrogen-bond acceptors (Lipinski definition) is 2. The first kappa shape index (κ1) is 33.5. The third-order valence-electron chi connectivity index (χ3n) is 11.0. The number of fused-ring (bicyclic) bond motifs is 8. The SMILES string of the molecule is C=CCCC(=C)C1=C/C(=C/C=C(\C)c2c3ccccc3c(/C(C)=C/C=C3\Cc4ccc5cc6oc7ccccc7c6cc5c4O3)c3ccccc23)CC=C1. The molecule has 0 saturated heterocycles. The summed E-state index contributed by atoms with van der Waals surface area (Å²) in [6, 6.07) is 34.6. The van der Waals surface area contributed by atoms with E-state index >= 15 is 0 Å². The van der Waals surface area contributed by atoms with Crippen LogP contribution in [0.15, 0.2) is 186 Å². The Morgan fingerprint density at radius 3 is 2.04 bits per heavy atom. The molecule has 0 N–H and O–H groups in total. The molecule has 1 aliphatic carbocycles. The molecule has 262 valence electrons. The first-order valence-electron chi connectivity index (χ1n) is 18.9. The minimum absolute atomic E-state index is 0.758. The van der Waals surface area contributed by atoms with Crippen molar-refractivity contribution in [1.29, 1.82) is 0 Å². The fraction of sp³-hybridized carbons (Fsp3) is 0.115. The number of benzene rings is 6. The monoisotopic (exact) mass is 698 g/mol. The molecule has 2 heteroatoms. The molecule has 2 nitrogen and oxygen atoms in total. The van der Waals surface area contributed by atoms with Gasteiger partial charge in [-0.2, -0.15) is 0 Å². The summed E-state index contributed by atoms with van der Waals surface area (Å²) in [4.78, 5) is 0. The third-order valence-corrected chi connectivity index (χ3v) is 11.0. The van der Waals surface area contributed by atoms with Crippen LogP contribution in [-0.2, 0) is 6.42 Å². The van der Waals surface area contributed by atoms with Crippen molar-refractivity contribution < 1.29 is 9.15 Å². The van der Waals surface area contributed by atoms with E-state index < -0.39 is 0 Å². The van der Waals surface area contributed by atoms with Gasteiger partial charge in [0, 0.05) is 28.1 Å². The normalized spacial score (nSPS) is 16.2. The van der Waals surface area contributed by atoms with Gasteiger partial charge in [-0.1, -0.05) is 128 Å². The van der Waals surface area contributed by atoms with Gasteiger partial charge in [0.1, 0.15) is 22.7 Å². The highest BCUT2D eigenvalue weighted by Crippen LogP contribution is 2.43. The van der Waals surface area contributed by atoms with Crippen LogP contribution in [0.3, 0.4) is 0 Å². The van der Waals surface area contributed by atoms with Gasteiger partial charge >= 0.3 is 0 Å². The summed E-state index contributed by atoms with van der Waals surface area (Å²) in [5, 5.41) is 9.49. The molecule has 0 unspecified atom stereocenters. The van der Waals surface area contributed by atoms with Gasteiger partial charge < -0.3 is 9.15 Å². The lowest BCUT2D eigenvalue weighted by Crippen LogP contribution is -1.94. The van der Waals surface area contributed by atoms with E-state index in [0.29, 0.717) is 0 Å². The van der Waals surface area contributed by atoms with Crippen LogP contribution in [0.5, 0.6) is 5.75 Å². The van der Waals surface area contributed by atoms with Crippen molar-refractivity contribution in [3.05, 3.63) is 198 Å². The van der Waals surface area contributed by atoms with Crippen LogP contribution >= 0.6 is 0 Å². The molecule has 0 radical (unpaired) electrons. The van der Waals surface area contributed by atoms with E-state index in [9.17, 15) is 0 Å². The number of hydrogen-bond donors (Lipinski definition) is 0. The average Bonchev–Trinajstić information content (AvgIpc) is 3.80. The smallest absolute Gasteiger partial charge is 0.138 e. The second kappa shape index (κ2) is 13.9. The van der Waals surface area contributed by atoms with Crippen LogP contribution in [0.4, 0.5) is 0 Å². The number of para-hydroxylation sites is 1. The van der Waals surface area contributed by atoms with Gasteiger partial charge in [0.15, 0.2) is 0 Å². The van der Waals surface area contributed by atoms with Gasteiger partial charge in [-0.3, -0.25) is 0 Å². The molecular formula is C52H42O2. The molecule has 6 aromatic carbocycles. The molecule has 7 aromatic rings. The third kappa shape index (κ3) is 5.94. The Morgan fingerprint density at radius 1 is 0.704 bits per heavy atom. The molecule has 0 bridgehead atoms. The Kier molecular flexibility index (Phi) is 8.60. The maximum atomic E-state index is 6.64. The summed E-state index contributed by atoms with van der Waals surface area (Å²) in [6.07, 6.45) is 21.2. The van der Waals surface area contributed by atoms with Gasteiger partial charge in [-0.05, 0) is 123 Å². The van der Waals surface area contributed by atoms with E-state index in [4.69, 9.17) is 9.15 Å². The lowest BCUT2D eigenvalue weighted by atomic mass is 9.86. The van der Waals surface area contributed by atoms with Crippen molar-refractivity contribution in [2.75, 3.05) is 0 Å². The molecular weight excluding hydrogens is 657 g/mol. The number of allylic oxidation sites excluding steroid dienone is 14. The topological polar surface area (TPSA) is 22.4 Å². The zero-order chi connectivity index (χ0) is 36.8. The second-order valence-electron chi connectivity index (χ2n) is 14.6. The maximum Gasteiger partial charge on any atom is 0.138 e. The van der Waals surface area contributed by atoms with Gasteiger partial charge in [0.05, 0.1) is 0 Å². The lowest BCUT2D eigenvalue weighted by molar-refractivity contribution is 0.451. The average molecular weight is 699 g/mol. The molecule has 9 rings (SSSR count). The van der Waals surface area contributed by atoms with E-state index in [1.807, 2.05) is 18.2 Å². The van der Waals surface area contributed by atoms with Crippen molar-refractivity contribution in [3.63, 3.8) is 0 Å². The Balaban J connectivity index is 1.07. The number of ether oxygens (including phenoxy) is 1. The van der Waals surface area contributed by atoms with Crippen molar-refractivity contribution in [2.45, 2.75) is 39.5 Å². The predicted molar refractivity (Wildman–Crippen MR) is 231 cm³/mol. The lowest BCUT2D eigenvalue weighted by Gasteiger charge is -2.18. The molecule has 0 spiro atoms. The van der Waals surface area contributed by atoms with Crippen LogP contribution < -0.4 is 4.74 Å². The molecule has 0 atom stereocenters. The van der Waals surface area contributed by atoms with Gasteiger partial charge in [0.2, 0.25) is 0 Å². The first-order valence-corrected chi connectivity index (χ1v) is 18.9. The highest BCUT2D eigenvalue weighted by atomic mass is 16.5. The second-order valence-corrected chi connectivity index (χ2v) is 14.6. The summed E-state index contributed by atoms with van der Waals surface area (Å²) < 4.78 is 12.8. The minimum atomic E-state index is 0.758. The number of rotatable bonds is 8. The molecule has 1 aliphatic heterocycles. The van der Waals surface area contributed by atoms with Gasteiger partial charge in [0.25, 0.3) is 0 Å². The predicted octanol–water partition coefficient (Wildman–Crippen LogP) is 14.7. The van der Waals surface area contributed by atoms with Crippen LogP contribution in [0, 0.1) is 0 Å². The molecule has 0 fully saturated rings. The van der Waals surface area contributed by atoms with Crippen molar-refractivity contribution in [2.24, 2.45) is 0 Å². The summed E-state index contributed by atoms with van der Waals surface area (Å²) in [6.45, 7) is 12.7. The largest absolute Gasteiger partial charge is 0.460 e. The van der Waals surface area contributed by atoms with Crippen molar-refractivity contribution >= 4 is 65.4 Å². The van der Waals surface area contributed by atoms with Crippen LogP contribution in [0.2, 0.25) is 0 Å². The summed E-state index contributed by atoms with van der Waals surface area (Å²) in [7, 11) is 0. The Hall–Kier alpha value is -6.38. The molecule has 1 aromatic heterocycles. The Morgan fingerprint density at radius 2 is 1.35 bits per heavy atom. The zero-order valence-corrected chi connectivity index (χ0v) is 30.9. The van der Waals surface area contributed by atoms with Crippen molar-refractivity contribution in [3.8, 4) is 5.75 Å². The standard InChI is InChI=1S/C52H42O2/c1-5-6-14-33(2)37-16-13-15-36(29-37)25-23-34(3)50-42-18-7-9-20-44(42)51(45-21-10-8-19-43(45)50)35(4)24-28-40-30-39-27-26-38-31-49-47(32-46(38)52(39)53-40)41-17-11-12-22-48(41)54-49/h5,7-13,16-29,31-32H,1-2,6,14-15,30H2,3-4H3/b34-23+,35-24+,36-25+,40-28+. The van der Waals surface area contributed by atoms with Gasteiger partial charge in [-0.15, -0.1) is 6.58 Å².